The smallest absolute Gasteiger partial charge is 0.258 e. The first-order chi connectivity index (χ1) is 11.3. The Labute approximate surface area is 134 Å². The van der Waals surface area contributed by atoms with Gasteiger partial charge in [-0.1, -0.05) is 36.4 Å². The zero-order valence-electron chi connectivity index (χ0n) is 12.7. The van der Waals surface area contributed by atoms with Crippen LogP contribution < -0.4 is 10.9 Å². The van der Waals surface area contributed by atoms with E-state index in [2.05, 4.69) is 10.3 Å². The number of nitrogens with zero attached hydrogens (tertiary/aromatic N) is 2. The fourth-order valence-corrected chi connectivity index (χ4v) is 2.62. The van der Waals surface area contributed by atoms with E-state index in [4.69, 9.17) is 0 Å². The number of hydrogen-bond donors (Lipinski definition) is 2. The van der Waals surface area contributed by atoms with Crippen molar-refractivity contribution in [2.45, 2.75) is 19.0 Å². The van der Waals surface area contributed by atoms with Crippen molar-refractivity contribution in [3.8, 4) is 0 Å². The Morgan fingerprint density at radius 1 is 1.13 bits per heavy atom. The van der Waals surface area contributed by atoms with Crippen molar-refractivity contribution in [1.29, 1.82) is 0 Å². The molecule has 0 saturated carbocycles. The number of rotatable bonds is 6. The van der Waals surface area contributed by atoms with Gasteiger partial charge < -0.3 is 10.4 Å². The van der Waals surface area contributed by atoms with E-state index in [1.165, 1.54) is 4.40 Å². The maximum absolute atomic E-state index is 12.1. The molecule has 3 rings (SSSR count). The number of nitrogens with one attached hydrogen (secondary N) is 1. The Hall–Kier alpha value is -2.50. The second kappa shape index (κ2) is 7.17. The lowest BCUT2D eigenvalue weighted by Gasteiger charge is -2.18. The molecule has 0 spiro atoms. The van der Waals surface area contributed by atoms with Gasteiger partial charge in [0.2, 0.25) is 0 Å². The minimum Gasteiger partial charge on any atom is -0.396 e. The molecule has 3 aromatic rings. The van der Waals surface area contributed by atoms with Gasteiger partial charge in [-0.3, -0.25) is 9.20 Å². The Kier molecular flexibility index (Phi) is 4.80. The molecule has 1 unspecified atom stereocenters. The number of benzene rings is 1. The third kappa shape index (κ3) is 3.64. The largest absolute Gasteiger partial charge is 0.396 e. The monoisotopic (exact) mass is 309 g/mol. The Balaban J connectivity index is 1.80. The fraction of sp³-hybridized carbons (Fsp3) is 0.222. The van der Waals surface area contributed by atoms with Crippen LogP contribution in [0.4, 0.5) is 0 Å². The number of aliphatic hydroxyl groups is 1. The van der Waals surface area contributed by atoms with Crippen LogP contribution in [0.25, 0.3) is 5.65 Å². The van der Waals surface area contributed by atoms with Crippen molar-refractivity contribution in [2.75, 3.05) is 6.61 Å². The van der Waals surface area contributed by atoms with E-state index in [1.807, 2.05) is 42.5 Å². The summed E-state index contributed by atoms with van der Waals surface area (Å²) < 4.78 is 1.52. The summed E-state index contributed by atoms with van der Waals surface area (Å²) in [4.78, 5) is 16.6. The molecule has 0 aliphatic heterocycles. The van der Waals surface area contributed by atoms with Gasteiger partial charge in [0.1, 0.15) is 5.65 Å². The molecule has 2 heterocycles. The van der Waals surface area contributed by atoms with Crippen LogP contribution in [0.15, 0.2) is 65.6 Å². The average Bonchev–Trinajstić information content (AvgIpc) is 2.59. The first kappa shape index (κ1) is 15.4. The first-order valence-corrected chi connectivity index (χ1v) is 7.64. The molecule has 0 radical (unpaired) electrons. The van der Waals surface area contributed by atoms with Crippen molar-refractivity contribution in [3.05, 3.63) is 82.4 Å². The average molecular weight is 309 g/mol. The highest BCUT2D eigenvalue weighted by Gasteiger charge is 2.11. The van der Waals surface area contributed by atoms with E-state index in [0.29, 0.717) is 24.3 Å². The van der Waals surface area contributed by atoms with Crippen molar-refractivity contribution in [2.24, 2.45) is 0 Å². The van der Waals surface area contributed by atoms with Gasteiger partial charge in [0.05, 0.1) is 5.69 Å². The molecule has 23 heavy (non-hydrogen) atoms. The minimum atomic E-state index is -0.0918. The van der Waals surface area contributed by atoms with Crippen LogP contribution in [0.5, 0.6) is 0 Å². The molecule has 1 aromatic carbocycles. The molecule has 118 valence electrons. The van der Waals surface area contributed by atoms with Gasteiger partial charge in [0.25, 0.3) is 5.56 Å². The highest BCUT2D eigenvalue weighted by molar-refractivity contribution is 5.38. The lowest BCUT2D eigenvalue weighted by molar-refractivity contribution is 0.265. The molecule has 5 nitrogen and oxygen atoms in total. The van der Waals surface area contributed by atoms with Gasteiger partial charge in [0.15, 0.2) is 0 Å². The zero-order chi connectivity index (χ0) is 16.1. The van der Waals surface area contributed by atoms with Crippen molar-refractivity contribution in [3.63, 3.8) is 0 Å². The third-order valence-corrected chi connectivity index (χ3v) is 3.77. The quantitative estimate of drug-likeness (QED) is 0.730. The highest BCUT2D eigenvalue weighted by Crippen LogP contribution is 2.16. The molecule has 1 atom stereocenters. The third-order valence-electron chi connectivity index (χ3n) is 3.77. The summed E-state index contributed by atoms with van der Waals surface area (Å²) in [7, 11) is 0. The van der Waals surface area contributed by atoms with Crippen LogP contribution in [-0.2, 0) is 6.54 Å². The van der Waals surface area contributed by atoms with E-state index in [0.717, 1.165) is 5.56 Å². The standard InChI is InChI=1S/C18H19N3O2/c22-11-9-16(14-6-2-1-3-7-14)19-13-15-12-18(23)21-10-5-4-8-17(21)20-15/h1-8,10,12,16,19,22H,9,11,13H2. The van der Waals surface area contributed by atoms with Crippen molar-refractivity contribution < 1.29 is 5.11 Å². The number of hydrogen-bond acceptors (Lipinski definition) is 4. The predicted octanol–water partition coefficient (Wildman–Crippen LogP) is 1.91. The van der Waals surface area contributed by atoms with Crippen LogP contribution in [0.3, 0.4) is 0 Å². The summed E-state index contributed by atoms with van der Waals surface area (Å²) in [6, 6.07) is 17.0. The second-order valence-corrected chi connectivity index (χ2v) is 5.37. The van der Waals surface area contributed by atoms with Crippen LogP contribution >= 0.6 is 0 Å². The molecule has 5 heteroatoms. The Morgan fingerprint density at radius 2 is 1.91 bits per heavy atom. The van der Waals surface area contributed by atoms with Crippen molar-refractivity contribution in [1.82, 2.24) is 14.7 Å². The molecule has 0 amide bonds. The second-order valence-electron chi connectivity index (χ2n) is 5.37. The summed E-state index contributed by atoms with van der Waals surface area (Å²) >= 11 is 0. The molecule has 0 bridgehead atoms. The number of fused-ring (bicyclic) bond motifs is 1. The summed E-state index contributed by atoms with van der Waals surface area (Å²) in [5.41, 5.74) is 2.35. The molecule has 0 aliphatic carbocycles. The van der Waals surface area contributed by atoms with Gasteiger partial charge in [-0.15, -0.1) is 0 Å². The van der Waals surface area contributed by atoms with Crippen LogP contribution in [0.2, 0.25) is 0 Å². The van der Waals surface area contributed by atoms with Crippen molar-refractivity contribution >= 4 is 5.65 Å². The summed E-state index contributed by atoms with van der Waals surface area (Å²) in [5.74, 6) is 0. The SMILES string of the molecule is O=c1cc(CNC(CCO)c2ccccc2)nc2ccccn12. The number of pyridine rings is 1. The molecule has 0 aliphatic rings. The van der Waals surface area contributed by atoms with E-state index >= 15 is 0 Å². The fourth-order valence-electron chi connectivity index (χ4n) is 2.62. The summed E-state index contributed by atoms with van der Waals surface area (Å²) in [5, 5.41) is 12.6. The van der Waals surface area contributed by atoms with Gasteiger partial charge in [-0.05, 0) is 24.1 Å². The Bertz CT molecular complexity index is 830. The van der Waals surface area contributed by atoms with E-state index in [-0.39, 0.29) is 18.2 Å². The Morgan fingerprint density at radius 3 is 2.70 bits per heavy atom. The minimum absolute atomic E-state index is 0.0252. The highest BCUT2D eigenvalue weighted by atomic mass is 16.3. The molecule has 0 fully saturated rings. The molecular formula is C18H19N3O2. The van der Waals surface area contributed by atoms with Gasteiger partial charge >= 0.3 is 0 Å². The normalized spacial score (nSPS) is 12.4. The van der Waals surface area contributed by atoms with Gasteiger partial charge in [-0.25, -0.2) is 4.98 Å². The molecule has 0 saturated heterocycles. The molecular weight excluding hydrogens is 290 g/mol. The lowest BCUT2D eigenvalue weighted by Crippen LogP contribution is -2.24. The van der Waals surface area contributed by atoms with E-state index in [9.17, 15) is 9.90 Å². The predicted molar refractivity (Wildman–Crippen MR) is 89.2 cm³/mol. The van der Waals surface area contributed by atoms with Crippen LogP contribution in [0, 0.1) is 0 Å². The maximum Gasteiger partial charge on any atom is 0.258 e. The lowest BCUT2D eigenvalue weighted by atomic mass is 10.0. The summed E-state index contributed by atoms with van der Waals surface area (Å²) in [6.07, 6.45) is 2.32. The zero-order valence-corrected chi connectivity index (χ0v) is 12.7. The van der Waals surface area contributed by atoms with E-state index < -0.39 is 0 Å². The molecule has 2 aromatic heterocycles. The van der Waals surface area contributed by atoms with Crippen LogP contribution in [-0.4, -0.2) is 21.1 Å². The van der Waals surface area contributed by atoms with Gasteiger partial charge in [-0.2, -0.15) is 0 Å². The number of aromatic nitrogens is 2. The first-order valence-electron chi connectivity index (χ1n) is 7.64. The topological polar surface area (TPSA) is 66.6 Å². The molecule has 2 N–H and O–H groups in total. The number of aliphatic hydroxyl groups excluding tert-OH is 1. The summed E-state index contributed by atoms with van der Waals surface area (Å²) in [6.45, 7) is 0.570. The van der Waals surface area contributed by atoms with Gasteiger partial charge in [0, 0.05) is 31.5 Å². The van der Waals surface area contributed by atoms with E-state index in [1.54, 1.807) is 18.3 Å². The maximum atomic E-state index is 12.1. The van der Waals surface area contributed by atoms with Crippen LogP contribution in [0.1, 0.15) is 23.7 Å².